The zero-order valence-corrected chi connectivity index (χ0v) is 14.7. The zero-order valence-electron chi connectivity index (χ0n) is 13.9. The molecule has 0 aliphatic carbocycles. The van der Waals surface area contributed by atoms with Crippen LogP contribution in [0.15, 0.2) is 47.8 Å². The average Bonchev–Trinajstić information content (AvgIpc) is 3.01. The van der Waals surface area contributed by atoms with Crippen LogP contribution in [0.4, 0.5) is 10.1 Å². The maximum absolute atomic E-state index is 13.2. The number of thiazole rings is 1. The molecule has 0 saturated carbocycles. The molecular formula is C19H17FN2O2S. The van der Waals surface area contributed by atoms with Gasteiger partial charge in [-0.3, -0.25) is 4.79 Å². The van der Waals surface area contributed by atoms with Crippen LogP contribution in [0.3, 0.4) is 0 Å². The molecule has 0 aliphatic rings. The summed E-state index contributed by atoms with van der Waals surface area (Å²) in [6, 6.07) is 11.2. The van der Waals surface area contributed by atoms with Crippen molar-refractivity contribution in [1.29, 1.82) is 0 Å². The van der Waals surface area contributed by atoms with E-state index in [0.29, 0.717) is 29.2 Å². The van der Waals surface area contributed by atoms with Crippen molar-refractivity contribution in [1.82, 2.24) is 4.98 Å². The molecule has 0 radical (unpaired) electrons. The summed E-state index contributed by atoms with van der Waals surface area (Å²) in [5, 5.41) is 5.72. The van der Waals surface area contributed by atoms with E-state index in [2.05, 4.69) is 10.3 Å². The van der Waals surface area contributed by atoms with Crippen LogP contribution in [0.5, 0.6) is 5.75 Å². The number of hydrogen-bond donors (Lipinski definition) is 1. The van der Waals surface area contributed by atoms with Crippen molar-refractivity contribution in [2.24, 2.45) is 0 Å². The Balaban J connectivity index is 1.68. The third-order valence-corrected chi connectivity index (χ3v) is 4.41. The predicted octanol–water partition coefficient (Wildman–Crippen LogP) is 4.73. The summed E-state index contributed by atoms with van der Waals surface area (Å²) in [5.41, 5.74) is 2.57. The van der Waals surface area contributed by atoms with Gasteiger partial charge in [0, 0.05) is 16.6 Å². The summed E-state index contributed by atoms with van der Waals surface area (Å²) in [6.45, 7) is 4.04. The van der Waals surface area contributed by atoms with Crippen LogP contribution in [-0.2, 0) is 6.61 Å². The Morgan fingerprint density at radius 3 is 2.80 bits per heavy atom. The minimum Gasteiger partial charge on any atom is -0.487 e. The number of aryl methyl sites for hydroxylation is 2. The number of hydrogen-bond acceptors (Lipinski definition) is 4. The number of rotatable bonds is 5. The van der Waals surface area contributed by atoms with Crippen molar-refractivity contribution in [2.75, 3.05) is 5.32 Å². The Morgan fingerprint density at radius 2 is 2.08 bits per heavy atom. The van der Waals surface area contributed by atoms with Gasteiger partial charge in [0.2, 0.25) is 0 Å². The number of nitrogens with one attached hydrogen (secondary N) is 1. The molecule has 3 rings (SSSR count). The number of nitrogens with zero attached hydrogens (tertiary/aromatic N) is 1. The second kappa shape index (κ2) is 7.44. The van der Waals surface area contributed by atoms with E-state index in [1.165, 1.54) is 12.1 Å². The van der Waals surface area contributed by atoms with E-state index in [9.17, 15) is 9.18 Å². The van der Waals surface area contributed by atoms with Gasteiger partial charge in [0.25, 0.3) is 5.91 Å². The Hall–Kier alpha value is -2.73. The second-order valence-electron chi connectivity index (χ2n) is 5.59. The second-order valence-corrected chi connectivity index (χ2v) is 6.65. The molecule has 4 nitrogen and oxygen atoms in total. The van der Waals surface area contributed by atoms with Gasteiger partial charge in [-0.25, -0.2) is 9.37 Å². The first kappa shape index (κ1) is 17.1. The lowest BCUT2D eigenvalue weighted by Gasteiger charge is -2.10. The van der Waals surface area contributed by atoms with Gasteiger partial charge in [0.1, 0.15) is 18.2 Å². The first-order valence-corrected chi connectivity index (χ1v) is 8.60. The number of carbonyl (C=O) groups is 1. The van der Waals surface area contributed by atoms with Gasteiger partial charge in [-0.15, -0.1) is 11.3 Å². The van der Waals surface area contributed by atoms with Gasteiger partial charge in [-0.2, -0.15) is 0 Å². The first-order chi connectivity index (χ1) is 12.0. The normalized spacial score (nSPS) is 10.5. The van der Waals surface area contributed by atoms with E-state index in [1.54, 1.807) is 48.6 Å². The molecule has 0 fully saturated rings. The highest BCUT2D eigenvalue weighted by molar-refractivity contribution is 7.09. The Bertz CT molecular complexity index is 908. The lowest BCUT2D eigenvalue weighted by atomic mass is 10.1. The molecule has 1 aromatic heterocycles. The number of aromatic nitrogens is 1. The van der Waals surface area contributed by atoms with Crippen molar-refractivity contribution in [2.45, 2.75) is 20.5 Å². The molecule has 25 heavy (non-hydrogen) atoms. The molecular weight excluding hydrogens is 339 g/mol. The molecule has 0 aliphatic heterocycles. The SMILES string of the molecule is Cc1nc(COc2cccc(C(=O)Nc3ccc(F)cc3C)c2)cs1. The summed E-state index contributed by atoms with van der Waals surface area (Å²) >= 11 is 1.57. The molecule has 0 unspecified atom stereocenters. The fourth-order valence-corrected chi connectivity index (χ4v) is 2.92. The lowest BCUT2D eigenvalue weighted by molar-refractivity contribution is 0.102. The van der Waals surface area contributed by atoms with Crippen molar-refractivity contribution in [3.8, 4) is 5.75 Å². The molecule has 3 aromatic rings. The molecule has 1 N–H and O–H groups in total. The highest BCUT2D eigenvalue weighted by atomic mass is 32.1. The first-order valence-electron chi connectivity index (χ1n) is 7.72. The topological polar surface area (TPSA) is 51.2 Å². The lowest BCUT2D eigenvalue weighted by Crippen LogP contribution is -2.13. The molecule has 0 spiro atoms. The van der Waals surface area contributed by atoms with E-state index in [1.807, 2.05) is 12.3 Å². The fraction of sp³-hybridized carbons (Fsp3) is 0.158. The summed E-state index contributed by atoms with van der Waals surface area (Å²) in [7, 11) is 0. The highest BCUT2D eigenvalue weighted by Gasteiger charge is 2.10. The van der Waals surface area contributed by atoms with Crippen LogP contribution in [0, 0.1) is 19.7 Å². The number of carbonyl (C=O) groups excluding carboxylic acids is 1. The van der Waals surface area contributed by atoms with Gasteiger partial charge < -0.3 is 10.1 Å². The third-order valence-electron chi connectivity index (χ3n) is 3.59. The van der Waals surface area contributed by atoms with Crippen LogP contribution >= 0.6 is 11.3 Å². The van der Waals surface area contributed by atoms with E-state index in [4.69, 9.17) is 4.74 Å². The molecule has 6 heteroatoms. The van der Waals surface area contributed by atoms with Crippen molar-refractivity contribution in [3.05, 3.63) is 75.5 Å². The maximum Gasteiger partial charge on any atom is 0.255 e. The van der Waals surface area contributed by atoms with Crippen LogP contribution in [0.2, 0.25) is 0 Å². The highest BCUT2D eigenvalue weighted by Crippen LogP contribution is 2.19. The molecule has 0 atom stereocenters. The average molecular weight is 356 g/mol. The van der Waals surface area contributed by atoms with Crippen LogP contribution in [0.1, 0.15) is 26.6 Å². The third kappa shape index (κ3) is 4.42. The van der Waals surface area contributed by atoms with Gasteiger partial charge in [0.15, 0.2) is 0 Å². The van der Waals surface area contributed by atoms with E-state index in [-0.39, 0.29) is 11.7 Å². The van der Waals surface area contributed by atoms with Crippen LogP contribution < -0.4 is 10.1 Å². The number of benzene rings is 2. The van der Waals surface area contributed by atoms with E-state index in [0.717, 1.165) is 10.7 Å². The smallest absolute Gasteiger partial charge is 0.255 e. The maximum atomic E-state index is 13.2. The zero-order chi connectivity index (χ0) is 17.8. The Kier molecular flexibility index (Phi) is 5.09. The van der Waals surface area contributed by atoms with E-state index >= 15 is 0 Å². The van der Waals surface area contributed by atoms with Crippen molar-refractivity contribution in [3.63, 3.8) is 0 Å². The summed E-state index contributed by atoms with van der Waals surface area (Å²) in [5.74, 6) is -0.0121. The van der Waals surface area contributed by atoms with Gasteiger partial charge in [-0.1, -0.05) is 6.07 Å². The van der Waals surface area contributed by atoms with Gasteiger partial charge in [-0.05, 0) is 55.8 Å². The minimum absolute atomic E-state index is 0.273. The molecule has 1 amide bonds. The monoisotopic (exact) mass is 356 g/mol. The minimum atomic E-state index is -0.330. The molecule has 2 aromatic carbocycles. The Morgan fingerprint density at radius 1 is 1.24 bits per heavy atom. The largest absolute Gasteiger partial charge is 0.487 e. The van der Waals surface area contributed by atoms with Crippen molar-refractivity contribution < 1.29 is 13.9 Å². The number of amides is 1. The number of halogens is 1. The summed E-state index contributed by atoms with van der Waals surface area (Å²) in [6.07, 6.45) is 0. The van der Waals surface area contributed by atoms with Crippen LogP contribution in [0.25, 0.3) is 0 Å². The Labute approximate surface area is 149 Å². The van der Waals surface area contributed by atoms with Crippen LogP contribution in [-0.4, -0.2) is 10.9 Å². The standard InChI is InChI=1S/C19H17FN2O2S/c1-12-8-15(20)6-7-18(12)22-19(23)14-4-3-5-17(9-14)24-10-16-11-25-13(2)21-16/h3-9,11H,10H2,1-2H3,(H,22,23). The fourth-order valence-electron chi connectivity index (χ4n) is 2.32. The quantitative estimate of drug-likeness (QED) is 0.719. The predicted molar refractivity (Wildman–Crippen MR) is 96.7 cm³/mol. The summed E-state index contributed by atoms with van der Waals surface area (Å²) in [4.78, 5) is 16.7. The molecule has 0 bridgehead atoms. The number of anilines is 1. The summed E-state index contributed by atoms with van der Waals surface area (Å²) < 4.78 is 18.9. The number of ether oxygens (including phenoxy) is 1. The molecule has 0 saturated heterocycles. The van der Waals surface area contributed by atoms with E-state index < -0.39 is 0 Å². The van der Waals surface area contributed by atoms with Gasteiger partial charge >= 0.3 is 0 Å². The van der Waals surface area contributed by atoms with Crippen molar-refractivity contribution >= 4 is 22.9 Å². The van der Waals surface area contributed by atoms with Gasteiger partial charge in [0.05, 0.1) is 10.7 Å². The molecule has 1 heterocycles. The molecule has 128 valence electrons.